The molecule has 5 nitrogen and oxygen atoms in total. The number of aromatic carboxylic acids is 1. The van der Waals surface area contributed by atoms with Crippen molar-refractivity contribution in [1.29, 1.82) is 0 Å². The van der Waals surface area contributed by atoms with Crippen LogP contribution in [0.25, 0.3) is 0 Å². The van der Waals surface area contributed by atoms with Crippen molar-refractivity contribution in [3.05, 3.63) is 23.7 Å². The van der Waals surface area contributed by atoms with Gasteiger partial charge < -0.3 is 14.6 Å². The molecular formula is C12H17NO4. The smallest absolute Gasteiger partial charge is 0.339 e. The zero-order chi connectivity index (χ0) is 12.3. The lowest BCUT2D eigenvalue weighted by molar-refractivity contribution is 0.0690. The molecule has 2 heterocycles. The van der Waals surface area contributed by atoms with Gasteiger partial charge in [0.15, 0.2) is 0 Å². The van der Waals surface area contributed by atoms with Gasteiger partial charge in [-0.15, -0.1) is 0 Å². The van der Waals surface area contributed by atoms with Gasteiger partial charge in [0.25, 0.3) is 0 Å². The van der Waals surface area contributed by atoms with Crippen LogP contribution in [0.5, 0.6) is 0 Å². The summed E-state index contributed by atoms with van der Waals surface area (Å²) in [6, 6.07) is 1.48. The number of aliphatic hydroxyl groups excluding tert-OH is 1. The maximum Gasteiger partial charge on any atom is 0.339 e. The van der Waals surface area contributed by atoms with E-state index in [0.717, 1.165) is 25.9 Å². The van der Waals surface area contributed by atoms with E-state index in [0.29, 0.717) is 18.2 Å². The van der Waals surface area contributed by atoms with Crippen molar-refractivity contribution < 1.29 is 19.4 Å². The molecule has 0 amide bonds. The lowest BCUT2D eigenvalue weighted by atomic mass is 9.98. The van der Waals surface area contributed by atoms with Crippen molar-refractivity contribution in [1.82, 2.24) is 4.90 Å². The van der Waals surface area contributed by atoms with Crippen molar-refractivity contribution in [2.45, 2.75) is 19.4 Å². The molecule has 0 bridgehead atoms. The van der Waals surface area contributed by atoms with Crippen LogP contribution in [0.3, 0.4) is 0 Å². The summed E-state index contributed by atoms with van der Waals surface area (Å²) in [6.07, 6.45) is 3.33. The highest BCUT2D eigenvalue weighted by atomic mass is 16.4. The van der Waals surface area contributed by atoms with E-state index < -0.39 is 5.97 Å². The number of nitrogens with zero attached hydrogens (tertiary/aromatic N) is 1. The molecule has 17 heavy (non-hydrogen) atoms. The number of furan rings is 1. The molecule has 0 aliphatic carbocycles. The van der Waals surface area contributed by atoms with E-state index in [9.17, 15) is 4.79 Å². The van der Waals surface area contributed by atoms with Gasteiger partial charge in [0, 0.05) is 6.61 Å². The maximum absolute atomic E-state index is 10.9. The number of hydrogen-bond donors (Lipinski definition) is 2. The number of carbonyl (C=O) groups is 1. The number of likely N-dealkylation sites (tertiary alicyclic amines) is 1. The topological polar surface area (TPSA) is 73.9 Å². The van der Waals surface area contributed by atoms with E-state index in [4.69, 9.17) is 14.6 Å². The molecule has 0 atom stereocenters. The fourth-order valence-electron chi connectivity index (χ4n) is 2.18. The van der Waals surface area contributed by atoms with Crippen LogP contribution in [0, 0.1) is 5.92 Å². The summed E-state index contributed by atoms with van der Waals surface area (Å²) in [5, 5.41) is 18.0. The van der Waals surface area contributed by atoms with E-state index in [1.165, 1.54) is 12.3 Å². The second-order valence-electron chi connectivity index (χ2n) is 4.46. The molecule has 0 radical (unpaired) electrons. The minimum Gasteiger partial charge on any atom is -0.478 e. The average molecular weight is 239 g/mol. The first-order valence-electron chi connectivity index (χ1n) is 5.83. The summed E-state index contributed by atoms with van der Waals surface area (Å²) in [5.74, 6) is -0.0410. The number of piperidine rings is 1. The molecule has 1 aliphatic rings. The Morgan fingerprint density at radius 2 is 2.18 bits per heavy atom. The van der Waals surface area contributed by atoms with Gasteiger partial charge in [-0.05, 0) is 37.9 Å². The second-order valence-corrected chi connectivity index (χ2v) is 4.46. The van der Waals surface area contributed by atoms with Crippen molar-refractivity contribution in [3.8, 4) is 0 Å². The highest BCUT2D eigenvalue weighted by Crippen LogP contribution is 2.20. The zero-order valence-electron chi connectivity index (χ0n) is 9.63. The molecule has 0 saturated carbocycles. The number of rotatable bonds is 4. The summed E-state index contributed by atoms with van der Waals surface area (Å²) in [5.41, 5.74) is 0.245. The Bertz CT molecular complexity index is 380. The molecule has 0 spiro atoms. The van der Waals surface area contributed by atoms with Gasteiger partial charge in [-0.3, -0.25) is 4.90 Å². The molecule has 0 unspecified atom stereocenters. The molecule has 1 saturated heterocycles. The monoisotopic (exact) mass is 239 g/mol. The number of aliphatic hydroxyl groups is 1. The van der Waals surface area contributed by atoms with Gasteiger partial charge in [-0.25, -0.2) is 4.79 Å². The summed E-state index contributed by atoms with van der Waals surface area (Å²) in [4.78, 5) is 13.1. The lowest BCUT2D eigenvalue weighted by Gasteiger charge is -2.30. The second kappa shape index (κ2) is 5.33. The Balaban J connectivity index is 1.93. The highest BCUT2D eigenvalue weighted by Gasteiger charge is 2.21. The number of carboxylic acids is 1. The number of carboxylic acid groups (broad SMARTS) is 1. The van der Waals surface area contributed by atoms with Gasteiger partial charge in [-0.1, -0.05) is 0 Å². The standard InChI is InChI=1S/C12H17NO4/c14-8-9-1-4-13(5-2-9)7-11-10(12(15)16)3-6-17-11/h3,6,9,14H,1-2,4-5,7-8H2,(H,15,16). The highest BCUT2D eigenvalue weighted by molar-refractivity contribution is 5.88. The molecule has 0 aromatic carbocycles. The van der Waals surface area contributed by atoms with Crippen LogP contribution < -0.4 is 0 Å². The molecular weight excluding hydrogens is 222 g/mol. The Morgan fingerprint density at radius 1 is 1.47 bits per heavy atom. The summed E-state index contributed by atoms with van der Waals surface area (Å²) < 4.78 is 5.21. The maximum atomic E-state index is 10.9. The Morgan fingerprint density at radius 3 is 2.76 bits per heavy atom. The Hall–Kier alpha value is -1.33. The summed E-state index contributed by atoms with van der Waals surface area (Å²) in [7, 11) is 0. The Labute approximate surface area is 99.6 Å². The predicted molar refractivity (Wildman–Crippen MR) is 60.8 cm³/mol. The largest absolute Gasteiger partial charge is 0.478 e. The third-order valence-electron chi connectivity index (χ3n) is 3.31. The van der Waals surface area contributed by atoms with Crippen molar-refractivity contribution in [2.24, 2.45) is 5.92 Å². The first kappa shape index (κ1) is 12.1. The minimum absolute atomic E-state index is 0.245. The average Bonchev–Trinajstić information content (AvgIpc) is 2.78. The van der Waals surface area contributed by atoms with Crippen LogP contribution in [0.2, 0.25) is 0 Å². The number of hydrogen-bond acceptors (Lipinski definition) is 4. The SMILES string of the molecule is O=C(O)c1ccoc1CN1CCC(CO)CC1. The summed E-state index contributed by atoms with van der Waals surface area (Å²) in [6.45, 7) is 2.54. The third-order valence-corrected chi connectivity index (χ3v) is 3.31. The van der Waals surface area contributed by atoms with Crippen LogP contribution in [-0.4, -0.2) is 40.8 Å². The van der Waals surface area contributed by atoms with E-state index >= 15 is 0 Å². The quantitative estimate of drug-likeness (QED) is 0.825. The first-order chi connectivity index (χ1) is 8.20. The van der Waals surface area contributed by atoms with E-state index in [1.807, 2.05) is 0 Å². The minimum atomic E-state index is -0.945. The van der Waals surface area contributed by atoms with Crippen molar-refractivity contribution in [3.63, 3.8) is 0 Å². The molecule has 1 aromatic heterocycles. The lowest BCUT2D eigenvalue weighted by Crippen LogP contribution is -2.34. The van der Waals surface area contributed by atoms with E-state index in [-0.39, 0.29) is 12.2 Å². The predicted octanol–water partition coefficient (Wildman–Crippen LogP) is 1.18. The van der Waals surface area contributed by atoms with Gasteiger partial charge in [-0.2, -0.15) is 0 Å². The van der Waals surface area contributed by atoms with Crippen LogP contribution in [-0.2, 0) is 6.54 Å². The molecule has 1 aromatic rings. The molecule has 1 aliphatic heterocycles. The van der Waals surface area contributed by atoms with E-state index in [1.54, 1.807) is 0 Å². The fraction of sp³-hybridized carbons (Fsp3) is 0.583. The van der Waals surface area contributed by atoms with Crippen LogP contribution in [0.4, 0.5) is 0 Å². The molecule has 2 rings (SSSR count). The fourth-order valence-corrected chi connectivity index (χ4v) is 2.18. The van der Waals surface area contributed by atoms with E-state index in [2.05, 4.69) is 4.90 Å². The Kier molecular flexibility index (Phi) is 3.81. The first-order valence-corrected chi connectivity index (χ1v) is 5.83. The normalized spacial score (nSPS) is 18.4. The van der Waals surface area contributed by atoms with Crippen molar-refractivity contribution >= 4 is 5.97 Å². The van der Waals surface area contributed by atoms with Crippen LogP contribution in [0.15, 0.2) is 16.7 Å². The van der Waals surface area contributed by atoms with Crippen LogP contribution >= 0.6 is 0 Å². The third kappa shape index (κ3) is 2.87. The van der Waals surface area contributed by atoms with Gasteiger partial charge in [0.1, 0.15) is 11.3 Å². The van der Waals surface area contributed by atoms with Crippen LogP contribution in [0.1, 0.15) is 29.0 Å². The molecule has 5 heteroatoms. The van der Waals surface area contributed by atoms with Gasteiger partial charge >= 0.3 is 5.97 Å². The molecule has 2 N–H and O–H groups in total. The van der Waals surface area contributed by atoms with Gasteiger partial charge in [0.05, 0.1) is 12.8 Å². The molecule has 94 valence electrons. The van der Waals surface area contributed by atoms with Crippen molar-refractivity contribution in [2.75, 3.05) is 19.7 Å². The zero-order valence-corrected chi connectivity index (χ0v) is 9.63. The molecule has 1 fully saturated rings. The summed E-state index contributed by atoms with van der Waals surface area (Å²) >= 11 is 0. The van der Waals surface area contributed by atoms with Gasteiger partial charge in [0.2, 0.25) is 0 Å².